The molecular formula is C22H28N2O2. The first-order chi connectivity index (χ1) is 12.4. The number of carbonyl (C=O) groups excluding carboxylic acids is 1. The Hall–Kier alpha value is -2.49. The Morgan fingerprint density at radius 3 is 2.85 bits per heavy atom. The van der Waals surface area contributed by atoms with E-state index >= 15 is 0 Å². The number of aryl methyl sites for hydroxylation is 2. The normalized spacial score (nSPS) is 16.2. The van der Waals surface area contributed by atoms with E-state index in [-0.39, 0.29) is 18.6 Å². The molecule has 0 saturated heterocycles. The zero-order valence-electron chi connectivity index (χ0n) is 15.8. The molecule has 1 atom stereocenters. The molecule has 0 spiro atoms. The first kappa shape index (κ1) is 18.3. The van der Waals surface area contributed by atoms with Gasteiger partial charge in [-0.05, 0) is 72.6 Å². The number of benzene rings is 2. The maximum Gasteiger partial charge on any atom is 0.258 e. The van der Waals surface area contributed by atoms with Crippen LogP contribution in [0.5, 0.6) is 5.75 Å². The van der Waals surface area contributed by atoms with Crippen molar-refractivity contribution in [3.8, 4) is 5.75 Å². The highest BCUT2D eigenvalue weighted by Crippen LogP contribution is 2.31. The number of fused-ring (bicyclic) bond motifs is 1. The van der Waals surface area contributed by atoms with Crippen molar-refractivity contribution in [1.29, 1.82) is 0 Å². The minimum absolute atomic E-state index is 0.0317. The molecule has 0 saturated carbocycles. The van der Waals surface area contributed by atoms with Gasteiger partial charge in [-0.15, -0.1) is 0 Å². The fourth-order valence-electron chi connectivity index (χ4n) is 3.61. The fourth-order valence-corrected chi connectivity index (χ4v) is 3.61. The largest absolute Gasteiger partial charge is 0.483 e. The van der Waals surface area contributed by atoms with E-state index in [4.69, 9.17) is 10.5 Å². The summed E-state index contributed by atoms with van der Waals surface area (Å²) in [5, 5.41) is 3.12. The standard InChI is InChI=1S/C22H28N2O2/c1-14(2)18-9-7-15(3)11-21(18)26-13-22(25)24-20-6-4-5-16-12-17(23)8-10-19(16)20/h7-12,14,20H,4-6,13,23H2,1-3H3,(H,24,25). The summed E-state index contributed by atoms with van der Waals surface area (Å²) in [5.74, 6) is 1.06. The third-order valence-corrected chi connectivity index (χ3v) is 4.97. The van der Waals surface area contributed by atoms with Crippen molar-refractivity contribution in [2.45, 2.75) is 52.0 Å². The molecule has 0 bridgehead atoms. The van der Waals surface area contributed by atoms with Gasteiger partial charge in [0.25, 0.3) is 5.91 Å². The van der Waals surface area contributed by atoms with Crippen LogP contribution in [0.15, 0.2) is 36.4 Å². The van der Waals surface area contributed by atoms with E-state index < -0.39 is 0 Å². The first-order valence-corrected chi connectivity index (χ1v) is 9.35. The van der Waals surface area contributed by atoms with Crippen molar-refractivity contribution in [3.05, 3.63) is 58.7 Å². The number of carbonyl (C=O) groups is 1. The Morgan fingerprint density at radius 1 is 1.27 bits per heavy atom. The molecule has 3 N–H and O–H groups in total. The van der Waals surface area contributed by atoms with Gasteiger partial charge in [-0.3, -0.25) is 4.79 Å². The highest BCUT2D eigenvalue weighted by Gasteiger charge is 2.22. The van der Waals surface area contributed by atoms with Crippen molar-refractivity contribution >= 4 is 11.6 Å². The zero-order chi connectivity index (χ0) is 18.7. The van der Waals surface area contributed by atoms with Crippen LogP contribution in [-0.4, -0.2) is 12.5 Å². The van der Waals surface area contributed by atoms with Crippen LogP contribution in [0.2, 0.25) is 0 Å². The Labute approximate surface area is 155 Å². The van der Waals surface area contributed by atoms with Gasteiger partial charge in [-0.1, -0.05) is 32.0 Å². The van der Waals surface area contributed by atoms with Crippen LogP contribution in [-0.2, 0) is 11.2 Å². The summed E-state index contributed by atoms with van der Waals surface area (Å²) >= 11 is 0. The van der Waals surface area contributed by atoms with E-state index in [1.54, 1.807) is 0 Å². The molecule has 2 aromatic carbocycles. The summed E-state index contributed by atoms with van der Waals surface area (Å²) < 4.78 is 5.86. The Morgan fingerprint density at radius 2 is 2.08 bits per heavy atom. The number of anilines is 1. The van der Waals surface area contributed by atoms with Crippen molar-refractivity contribution in [3.63, 3.8) is 0 Å². The molecule has 0 heterocycles. The molecule has 0 aliphatic heterocycles. The van der Waals surface area contributed by atoms with Crippen LogP contribution in [0.25, 0.3) is 0 Å². The number of hydrogen-bond donors (Lipinski definition) is 2. The summed E-state index contributed by atoms with van der Waals surface area (Å²) in [6, 6.07) is 12.2. The molecule has 138 valence electrons. The number of amides is 1. The van der Waals surface area contributed by atoms with Crippen molar-refractivity contribution < 1.29 is 9.53 Å². The topological polar surface area (TPSA) is 64.3 Å². The zero-order valence-corrected chi connectivity index (χ0v) is 15.8. The van der Waals surface area contributed by atoms with Crippen LogP contribution < -0.4 is 15.8 Å². The third-order valence-electron chi connectivity index (χ3n) is 4.97. The lowest BCUT2D eigenvalue weighted by atomic mass is 9.87. The predicted octanol–water partition coefficient (Wildman–Crippen LogP) is 4.27. The van der Waals surface area contributed by atoms with Crippen LogP contribution in [0, 0.1) is 6.92 Å². The minimum atomic E-state index is -0.0871. The van der Waals surface area contributed by atoms with Crippen LogP contribution in [0.1, 0.15) is 60.9 Å². The summed E-state index contributed by atoms with van der Waals surface area (Å²) in [6.07, 6.45) is 3.02. The van der Waals surface area contributed by atoms with E-state index in [1.165, 1.54) is 11.1 Å². The summed E-state index contributed by atoms with van der Waals surface area (Å²) in [5.41, 5.74) is 11.3. The average molecular weight is 352 g/mol. The summed E-state index contributed by atoms with van der Waals surface area (Å²) in [4.78, 5) is 12.5. The molecular weight excluding hydrogens is 324 g/mol. The quantitative estimate of drug-likeness (QED) is 0.790. The molecule has 4 heteroatoms. The summed E-state index contributed by atoms with van der Waals surface area (Å²) in [6.45, 7) is 6.32. The lowest BCUT2D eigenvalue weighted by molar-refractivity contribution is -0.124. The molecule has 0 fully saturated rings. The number of nitrogens with two attached hydrogens (primary N) is 1. The third kappa shape index (κ3) is 4.18. The molecule has 2 aromatic rings. The van der Waals surface area contributed by atoms with Gasteiger partial charge in [0.1, 0.15) is 5.75 Å². The van der Waals surface area contributed by atoms with Gasteiger partial charge in [-0.25, -0.2) is 0 Å². The maximum absolute atomic E-state index is 12.5. The summed E-state index contributed by atoms with van der Waals surface area (Å²) in [7, 11) is 0. The van der Waals surface area contributed by atoms with Crippen molar-refractivity contribution in [2.75, 3.05) is 12.3 Å². The van der Waals surface area contributed by atoms with Gasteiger partial charge in [0.15, 0.2) is 6.61 Å². The maximum atomic E-state index is 12.5. The molecule has 1 amide bonds. The lowest BCUT2D eigenvalue weighted by Gasteiger charge is -2.26. The van der Waals surface area contributed by atoms with Crippen LogP contribution in [0.4, 0.5) is 5.69 Å². The molecule has 0 radical (unpaired) electrons. The number of nitrogens with one attached hydrogen (secondary N) is 1. The van der Waals surface area contributed by atoms with Gasteiger partial charge < -0.3 is 15.8 Å². The average Bonchev–Trinajstić information content (AvgIpc) is 2.59. The molecule has 1 aliphatic rings. The first-order valence-electron chi connectivity index (χ1n) is 9.35. The predicted molar refractivity (Wildman–Crippen MR) is 105 cm³/mol. The fraction of sp³-hybridized carbons (Fsp3) is 0.409. The molecule has 4 nitrogen and oxygen atoms in total. The number of rotatable bonds is 5. The van der Waals surface area contributed by atoms with E-state index in [0.717, 1.165) is 41.8 Å². The highest BCUT2D eigenvalue weighted by atomic mass is 16.5. The van der Waals surface area contributed by atoms with Crippen LogP contribution in [0.3, 0.4) is 0 Å². The van der Waals surface area contributed by atoms with Crippen molar-refractivity contribution in [2.24, 2.45) is 0 Å². The van der Waals surface area contributed by atoms with Crippen LogP contribution >= 0.6 is 0 Å². The second-order valence-corrected chi connectivity index (χ2v) is 7.46. The van der Waals surface area contributed by atoms with Gasteiger partial charge in [-0.2, -0.15) is 0 Å². The van der Waals surface area contributed by atoms with E-state index in [1.807, 2.05) is 31.2 Å². The van der Waals surface area contributed by atoms with Gasteiger partial charge in [0.05, 0.1) is 6.04 Å². The molecule has 0 aromatic heterocycles. The Kier molecular flexibility index (Phi) is 5.50. The second kappa shape index (κ2) is 7.81. The molecule has 26 heavy (non-hydrogen) atoms. The van der Waals surface area contributed by atoms with Crippen molar-refractivity contribution in [1.82, 2.24) is 5.32 Å². The highest BCUT2D eigenvalue weighted by molar-refractivity contribution is 5.78. The minimum Gasteiger partial charge on any atom is -0.483 e. The van der Waals surface area contributed by atoms with E-state index in [9.17, 15) is 4.79 Å². The SMILES string of the molecule is Cc1ccc(C(C)C)c(OCC(=O)NC2CCCc3cc(N)ccc32)c1. The van der Waals surface area contributed by atoms with Gasteiger partial charge in [0, 0.05) is 5.69 Å². The smallest absolute Gasteiger partial charge is 0.258 e. The second-order valence-electron chi connectivity index (χ2n) is 7.46. The van der Waals surface area contributed by atoms with E-state index in [0.29, 0.717) is 5.92 Å². The van der Waals surface area contributed by atoms with E-state index in [2.05, 4.69) is 31.3 Å². The number of hydrogen-bond acceptors (Lipinski definition) is 3. The van der Waals surface area contributed by atoms with Gasteiger partial charge in [0.2, 0.25) is 0 Å². The molecule has 1 unspecified atom stereocenters. The molecule has 3 rings (SSSR count). The van der Waals surface area contributed by atoms with Gasteiger partial charge >= 0.3 is 0 Å². The lowest BCUT2D eigenvalue weighted by Crippen LogP contribution is -2.34. The number of ether oxygens (including phenoxy) is 1. The molecule has 1 aliphatic carbocycles. The monoisotopic (exact) mass is 352 g/mol. The number of nitrogen functional groups attached to an aromatic ring is 1. The Balaban J connectivity index is 1.65. The Bertz CT molecular complexity index is 799.